The summed E-state index contributed by atoms with van der Waals surface area (Å²) < 4.78 is 48.2. The van der Waals surface area contributed by atoms with Crippen LogP contribution in [0.5, 0.6) is 5.75 Å². The fourth-order valence-electron chi connectivity index (χ4n) is 5.16. The third-order valence-corrected chi connectivity index (χ3v) is 7.26. The molecule has 0 atom stereocenters. The molecule has 0 amide bonds. The second-order valence-corrected chi connectivity index (χ2v) is 9.51. The Kier molecular flexibility index (Phi) is 5.07. The van der Waals surface area contributed by atoms with Crippen LogP contribution in [0.3, 0.4) is 0 Å². The van der Waals surface area contributed by atoms with Gasteiger partial charge < -0.3 is 26.4 Å². The molecule has 1 aliphatic carbocycles. The number of aliphatic imine (C=N–C) groups is 1. The minimum Gasteiger partial charge on any atom is -0.463 e. The first-order valence-corrected chi connectivity index (χ1v) is 11.8. The second-order valence-electron chi connectivity index (χ2n) is 9.13. The fraction of sp³-hybridized carbons (Fsp3) is 0.240. The van der Waals surface area contributed by atoms with E-state index < -0.39 is 17.3 Å². The van der Waals surface area contributed by atoms with Crippen LogP contribution in [0.1, 0.15) is 35.1 Å². The van der Waals surface area contributed by atoms with Crippen molar-refractivity contribution >= 4 is 34.8 Å². The molecule has 6 rings (SSSR count). The van der Waals surface area contributed by atoms with Gasteiger partial charge in [0.2, 0.25) is 0 Å². The van der Waals surface area contributed by atoms with Crippen molar-refractivity contribution in [2.75, 3.05) is 23.5 Å². The number of benzene rings is 1. The molecule has 0 saturated heterocycles. The minimum atomic E-state index is -4.67. The first-order chi connectivity index (χ1) is 17.6. The van der Waals surface area contributed by atoms with Crippen molar-refractivity contribution in [2.45, 2.75) is 31.5 Å². The maximum atomic E-state index is 14.1. The van der Waals surface area contributed by atoms with E-state index >= 15 is 0 Å². The molecule has 0 unspecified atom stereocenters. The monoisotopic (exact) mass is 527 g/mol. The van der Waals surface area contributed by atoms with Crippen molar-refractivity contribution in [3.8, 4) is 17.0 Å². The van der Waals surface area contributed by atoms with Gasteiger partial charge in [-0.3, -0.25) is 0 Å². The van der Waals surface area contributed by atoms with Gasteiger partial charge in [0.1, 0.15) is 36.2 Å². The van der Waals surface area contributed by atoms with E-state index in [4.69, 9.17) is 32.8 Å². The number of nitrogens with two attached hydrogens (primary N) is 2. The Morgan fingerprint density at radius 2 is 2.00 bits per heavy atom. The lowest BCUT2D eigenvalue weighted by Crippen LogP contribution is -2.39. The highest BCUT2D eigenvalue weighted by atomic mass is 35.5. The molecule has 2 aromatic heterocycles. The lowest BCUT2D eigenvalue weighted by atomic mass is 9.96. The number of amidine groups is 1. The van der Waals surface area contributed by atoms with Crippen molar-refractivity contribution in [1.29, 1.82) is 0 Å². The van der Waals surface area contributed by atoms with Crippen molar-refractivity contribution in [1.82, 2.24) is 14.9 Å². The second kappa shape index (κ2) is 8.01. The van der Waals surface area contributed by atoms with E-state index in [-0.39, 0.29) is 40.1 Å². The van der Waals surface area contributed by atoms with E-state index in [0.717, 1.165) is 18.4 Å². The molecule has 2 aliphatic heterocycles. The van der Waals surface area contributed by atoms with E-state index in [9.17, 15) is 13.2 Å². The van der Waals surface area contributed by atoms with Crippen molar-refractivity contribution < 1.29 is 17.9 Å². The number of aryl methyl sites for hydroxylation is 1. The number of halogens is 4. The standard InChI is InChI=1S/C25H21ClF3N7O/c1-12-9-16(30)35-20(18(12)25(27,28)29)13-10-15-17-21(19(13)26)33-11-34-23(17)36(7-8-37-15)24(4-5-24)14-3-2-6-32-22(14)31/h2-3,6-10,33H,4-5,11H2,1H3,(H2,30,35)(H2,31,32). The van der Waals surface area contributed by atoms with Crippen LogP contribution in [0.2, 0.25) is 5.02 Å². The zero-order valence-corrected chi connectivity index (χ0v) is 20.3. The molecule has 190 valence electrons. The largest absolute Gasteiger partial charge is 0.463 e. The van der Waals surface area contributed by atoms with Crippen LogP contribution in [-0.4, -0.2) is 27.4 Å². The molecule has 8 nitrogen and oxygen atoms in total. The quantitative estimate of drug-likeness (QED) is 0.425. The van der Waals surface area contributed by atoms with Gasteiger partial charge >= 0.3 is 6.18 Å². The first-order valence-electron chi connectivity index (χ1n) is 11.5. The Balaban J connectivity index is 1.54. The van der Waals surface area contributed by atoms with Gasteiger partial charge in [-0.15, -0.1) is 0 Å². The Bertz CT molecular complexity index is 1520. The Labute approximate surface area is 214 Å². The lowest BCUT2D eigenvalue weighted by molar-refractivity contribution is -0.137. The number of alkyl halides is 3. The van der Waals surface area contributed by atoms with Gasteiger partial charge in [-0.25, -0.2) is 15.0 Å². The van der Waals surface area contributed by atoms with E-state index in [1.54, 1.807) is 12.4 Å². The summed E-state index contributed by atoms with van der Waals surface area (Å²) in [5, 5.41) is 3.17. The summed E-state index contributed by atoms with van der Waals surface area (Å²) in [6.07, 6.45) is 1.80. The summed E-state index contributed by atoms with van der Waals surface area (Å²) in [5.41, 5.74) is 12.1. The zero-order chi connectivity index (χ0) is 26.1. The summed E-state index contributed by atoms with van der Waals surface area (Å²) in [6.45, 7) is 1.49. The van der Waals surface area contributed by atoms with E-state index in [0.29, 0.717) is 22.9 Å². The van der Waals surface area contributed by atoms with Crippen LogP contribution in [0, 0.1) is 6.92 Å². The number of aromatic nitrogens is 2. The summed E-state index contributed by atoms with van der Waals surface area (Å²) in [6, 6.07) is 6.40. The van der Waals surface area contributed by atoms with Crippen LogP contribution in [0.25, 0.3) is 11.3 Å². The molecule has 1 aromatic carbocycles. The van der Waals surface area contributed by atoms with E-state index in [1.807, 2.05) is 17.0 Å². The molecule has 0 radical (unpaired) electrons. The molecule has 5 N–H and O–H groups in total. The molecule has 3 aliphatic rings. The number of hydrogen-bond donors (Lipinski definition) is 3. The third-order valence-electron chi connectivity index (χ3n) is 6.87. The highest BCUT2D eigenvalue weighted by Crippen LogP contribution is 2.55. The first kappa shape index (κ1) is 23.4. The van der Waals surface area contributed by atoms with Crippen LogP contribution < -0.4 is 21.5 Å². The third kappa shape index (κ3) is 3.56. The predicted octanol–water partition coefficient (Wildman–Crippen LogP) is 5.27. The van der Waals surface area contributed by atoms with Gasteiger partial charge in [0.25, 0.3) is 0 Å². The number of anilines is 3. The van der Waals surface area contributed by atoms with Crippen molar-refractivity contribution in [3.63, 3.8) is 0 Å². The number of nitrogens with one attached hydrogen (secondary N) is 1. The molecule has 0 bridgehead atoms. The predicted molar refractivity (Wildman–Crippen MR) is 135 cm³/mol. The molecule has 1 fully saturated rings. The average Bonchev–Trinajstić information content (AvgIpc) is 3.64. The van der Waals surface area contributed by atoms with E-state index in [1.165, 1.54) is 25.3 Å². The average molecular weight is 528 g/mol. The molecular formula is C25H21ClF3N7O. The number of pyridine rings is 2. The maximum absolute atomic E-state index is 14.1. The number of ether oxygens (including phenoxy) is 1. The summed E-state index contributed by atoms with van der Waals surface area (Å²) in [4.78, 5) is 15.0. The molecule has 4 heterocycles. The van der Waals surface area contributed by atoms with Gasteiger partial charge in [-0.1, -0.05) is 17.7 Å². The number of nitrogens with zero attached hydrogens (tertiary/aromatic N) is 4. The Hall–Kier alpha value is -3.99. The van der Waals surface area contributed by atoms with Gasteiger partial charge in [0.05, 0.1) is 33.1 Å². The maximum Gasteiger partial charge on any atom is 0.418 e. The van der Waals surface area contributed by atoms with Gasteiger partial charge in [-0.2, -0.15) is 13.2 Å². The molecule has 37 heavy (non-hydrogen) atoms. The van der Waals surface area contributed by atoms with Crippen LogP contribution in [0.15, 0.2) is 47.9 Å². The molecule has 12 heteroatoms. The number of nitrogen functional groups attached to an aromatic ring is 2. The molecule has 0 spiro atoms. The van der Waals surface area contributed by atoms with E-state index in [2.05, 4.69) is 15.3 Å². The molecular weight excluding hydrogens is 507 g/mol. The van der Waals surface area contributed by atoms with Crippen molar-refractivity contribution in [3.05, 3.63) is 70.2 Å². The Morgan fingerprint density at radius 3 is 2.70 bits per heavy atom. The van der Waals surface area contributed by atoms with Crippen LogP contribution >= 0.6 is 11.6 Å². The number of rotatable bonds is 3. The van der Waals surface area contributed by atoms with Crippen LogP contribution in [0.4, 0.5) is 30.5 Å². The van der Waals surface area contributed by atoms with Gasteiger partial charge in [-0.05, 0) is 43.5 Å². The topological polar surface area (TPSA) is 115 Å². The van der Waals surface area contributed by atoms with Crippen LogP contribution in [-0.2, 0) is 11.7 Å². The number of hydrogen-bond acceptors (Lipinski definition) is 8. The van der Waals surface area contributed by atoms with Crippen molar-refractivity contribution in [2.24, 2.45) is 4.99 Å². The summed E-state index contributed by atoms with van der Waals surface area (Å²) in [7, 11) is 0. The normalized spacial score (nSPS) is 17.3. The molecule has 1 saturated carbocycles. The summed E-state index contributed by atoms with van der Waals surface area (Å²) >= 11 is 6.79. The zero-order valence-electron chi connectivity index (χ0n) is 19.5. The Morgan fingerprint density at radius 1 is 1.22 bits per heavy atom. The SMILES string of the molecule is Cc1cc(N)nc(-c2cc3c4c(c2Cl)NCN=C4N(C2(c4cccnc4N)CC2)C=CO3)c1C(F)(F)F. The lowest BCUT2D eigenvalue weighted by Gasteiger charge is -2.34. The van der Waals surface area contributed by atoms with Gasteiger partial charge in [0.15, 0.2) is 0 Å². The summed E-state index contributed by atoms with van der Waals surface area (Å²) in [5.74, 6) is 1.22. The highest BCUT2D eigenvalue weighted by molar-refractivity contribution is 6.37. The highest BCUT2D eigenvalue weighted by Gasteiger charge is 2.53. The minimum absolute atomic E-state index is 0.0476. The van der Waals surface area contributed by atoms with Gasteiger partial charge in [0, 0.05) is 23.5 Å². The fourth-order valence-corrected chi connectivity index (χ4v) is 5.46. The molecule has 3 aromatic rings. The smallest absolute Gasteiger partial charge is 0.418 e.